The summed E-state index contributed by atoms with van der Waals surface area (Å²) in [6.45, 7) is 0. The van der Waals surface area contributed by atoms with Crippen LogP contribution in [-0.2, 0) is 4.84 Å². The van der Waals surface area contributed by atoms with E-state index in [0.29, 0.717) is 16.1 Å². The van der Waals surface area contributed by atoms with Gasteiger partial charge in [-0.3, -0.25) is 10.1 Å². The number of nitro groups is 1. The van der Waals surface area contributed by atoms with Crippen LogP contribution in [0.4, 0.5) is 21.9 Å². The molecule has 10 nitrogen and oxygen atoms in total. The average Bonchev–Trinajstić information content (AvgIpc) is 2.94. The molecule has 4 rings (SSSR count). The summed E-state index contributed by atoms with van der Waals surface area (Å²) in [5, 5.41) is 23.6. The van der Waals surface area contributed by atoms with Gasteiger partial charge in [-0.25, -0.2) is 14.8 Å². The fraction of sp³-hybridized carbons (Fsp3) is 0.0455. The molecule has 0 bridgehead atoms. The smallest absolute Gasteiger partial charge is 0.365 e. The third-order valence-electron chi connectivity index (χ3n) is 4.64. The van der Waals surface area contributed by atoms with Gasteiger partial charge in [-0.2, -0.15) is 5.06 Å². The Hall–Kier alpha value is -4.28. The van der Waals surface area contributed by atoms with Crippen LogP contribution in [0.15, 0.2) is 82.8 Å². The molecule has 1 amide bonds. The van der Waals surface area contributed by atoms with Crippen molar-refractivity contribution in [3.63, 3.8) is 0 Å². The first-order chi connectivity index (χ1) is 15.8. The number of anilines is 1. The van der Waals surface area contributed by atoms with Crippen LogP contribution >= 0.6 is 11.6 Å². The van der Waals surface area contributed by atoms with Crippen LogP contribution in [0.25, 0.3) is 0 Å². The Balaban J connectivity index is 1.93. The number of hydrogen-bond acceptors (Lipinski definition) is 8. The van der Waals surface area contributed by atoms with Crippen molar-refractivity contribution in [1.29, 1.82) is 0 Å². The van der Waals surface area contributed by atoms with Gasteiger partial charge in [0.15, 0.2) is 5.84 Å². The number of rotatable bonds is 3. The first-order valence-electron chi connectivity index (χ1n) is 9.55. The first kappa shape index (κ1) is 21.9. The number of aliphatic imine (C=N–C) groups is 2. The highest BCUT2D eigenvalue weighted by molar-refractivity contribution is 6.31. The molecule has 0 saturated carbocycles. The Morgan fingerprint density at radius 1 is 1.12 bits per heavy atom. The summed E-state index contributed by atoms with van der Waals surface area (Å²) in [4.78, 5) is 36.4. The molecule has 0 aromatic heterocycles. The first-order valence-corrected chi connectivity index (χ1v) is 9.93. The minimum Gasteiger partial charge on any atom is -0.365 e. The van der Waals surface area contributed by atoms with Crippen molar-refractivity contribution in [2.45, 2.75) is 6.23 Å². The van der Waals surface area contributed by atoms with E-state index in [4.69, 9.17) is 22.2 Å². The second-order valence-electron chi connectivity index (χ2n) is 6.83. The van der Waals surface area contributed by atoms with Gasteiger partial charge < -0.3 is 15.7 Å². The number of halogens is 1. The topological polar surface area (TPSA) is 144 Å². The van der Waals surface area contributed by atoms with Crippen molar-refractivity contribution >= 4 is 46.3 Å². The molecular formula is C22H16ClN5O5. The van der Waals surface area contributed by atoms with Gasteiger partial charge in [0.25, 0.3) is 5.69 Å². The number of hydrogen-bond donors (Lipinski definition) is 2. The zero-order chi connectivity index (χ0) is 23.5. The Kier molecular flexibility index (Phi) is 6.03. The molecular weight excluding hydrogens is 450 g/mol. The number of carbonyl (C=O) groups excluding carboxylic acids is 1. The number of nitro benzene ring substituents is 1. The van der Waals surface area contributed by atoms with E-state index in [2.05, 4.69) is 9.98 Å². The van der Waals surface area contributed by atoms with Gasteiger partial charge in [0.2, 0.25) is 6.23 Å². The van der Waals surface area contributed by atoms with Crippen LogP contribution in [0.3, 0.4) is 0 Å². The fourth-order valence-electron chi connectivity index (χ4n) is 3.26. The molecule has 1 heterocycles. The SMILES string of the molecule is NC(=O)ON(C1=Nc2ccc([N+](=O)[O-])cc2C(c2ccccc2)=NC1O)c1cccc(Cl)c1. The lowest BCUT2D eigenvalue weighted by Gasteiger charge is -2.24. The van der Waals surface area contributed by atoms with Crippen molar-refractivity contribution in [2.24, 2.45) is 15.7 Å². The second kappa shape index (κ2) is 9.07. The molecule has 0 fully saturated rings. The molecule has 166 valence electrons. The van der Waals surface area contributed by atoms with E-state index in [0.717, 1.165) is 5.06 Å². The summed E-state index contributed by atoms with van der Waals surface area (Å²) in [5.74, 6) is -0.197. The van der Waals surface area contributed by atoms with Crippen molar-refractivity contribution in [2.75, 3.05) is 5.06 Å². The minimum absolute atomic E-state index is 0.175. The Morgan fingerprint density at radius 3 is 2.55 bits per heavy atom. The highest BCUT2D eigenvalue weighted by atomic mass is 35.5. The number of aliphatic hydroxyl groups is 1. The standard InChI is InChI=1S/C22H16ClN5O5/c23-14-7-4-8-15(11-14)27(33-22(24)30)20-21(29)26-19(13-5-2-1-3-6-13)17-12-16(28(31)32)9-10-18(17)25-20/h1-12,21,29H,(H2,24,30). The Bertz CT molecular complexity index is 1300. The quantitative estimate of drug-likeness (QED) is 0.442. The number of nitrogens with two attached hydrogens (primary N) is 1. The number of non-ortho nitro benzene ring substituents is 1. The summed E-state index contributed by atoms with van der Waals surface area (Å²) in [6.07, 6.45) is -2.78. The fourth-order valence-corrected chi connectivity index (χ4v) is 3.44. The van der Waals surface area contributed by atoms with Crippen molar-refractivity contribution < 1.29 is 19.7 Å². The molecule has 0 spiro atoms. The van der Waals surface area contributed by atoms with Gasteiger partial charge in [0, 0.05) is 28.3 Å². The molecule has 3 N–H and O–H groups in total. The number of aliphatic hydroxyl groups excluding tert-OH is 1. The maximum Gasteiger partial charge on any atom is 0.429 e. The lowest BCUT2D eigenvalue weighted by atomic mass is 10.00. The van der Waals surface area contributed by atoms with E-state index in [1.165, 1.54) is 24.3 Å². The molecule has 33 heavy (non-hydrogen) atoms. The predicted molar refractivity (Wildman–Crippen MR) is 123 cm³/mol. The minimum atomic E-state index is -1.62. The zero-order valence-corrected chi connectivity index (χ0v) is 17.6. The monoisotopic (exact) mass is 465 g/mol. The van der Waals surface area contributed by atoms with Crippen LogP contribution in [0, 0.1) is 10.1 Å². The molecule has 1 atom stereocenters. The molecule has 3 aromatic rings. The third-order valence-corrected chi connectivity index (χ3v) is 4.88. The predicted octanol–water partition coefficient (Wildman–Crippen LogP) is 3.96. The number of fused-ring (bicyclic) bond motifs is 1. The maximum atomic E-state index is 11.6. The van der Waals surface area contributed by atoms with Crippen molar-refractivity contribution in [3.8, 4) is 0 Å². The molecule has 3 aromatic carbocycles. The maximum absolute atomic E-state index is 11.6. The third kappa shape index (κ3) is 4.66. The average molecular weight is 466 g/mol. The number of amidine groups is 1. The number of nitrogens with zero attached hydrogens (tertiary/aromatic N) is 4. The van der Waals surface area contributed by atoms with E-state index in [1.807, 2.05) is 0 Å². The second-order valence-corrected chi connectivity index (χ2v) is 7.27. The summed E-state index contributed by atoms with van der Waals surface area (Å²) in [6, 6.07) is 19.1. The van der Waals surface area contributed by atoms with Gasteiger partial charge in [-0.15, -0.1) is 0 Å². The Labute approximate surface area is 192 Å². The van der Waals surface area contributed by atoms with Crippen molar-refractivity contribution in [1.82, 2.24) is 0 Å². The van der Waals surface area contributed by atoms with E-state index in [-0.39, 0.29) is 28.6 Å². The van der Waals surface area contributed by atoms with E-state index >= 15 is 0 Å². The summed E-state index contributed by atoms with van der Waals surface area (Å²) in [7, 11) is 0. The number of carbonyl (C=O) groups is 1. The molecule has 1 unspecified atom stereocenters. The Morgan fingerprint density at radius 2 is 1.88 bits per heavy atom. The van der Waals surface area contributed by atoms with Crippen LogP contribution in [0.1, 0.15) is 11.1 Å². The molecule has 1 aliphatic heterocycles. The van der Waals surface area contributed by atoms with Crippen molar-refractivity contribution in [3.05, 3.63) is 99.1 Å². The van der Waals surface area contributed by atoms with E-state index in [9.17, 15) is 20.0 Å². The molecule has 1 aliphatic rings. The molecule has 0 radical (unpaired) electrons. The molecule has 0 saturated heterocycles. The van der Waals surface area contributed by atoms with Gasteiger partial charge in [0.05, 0.1) is 22.0 Å². The number of hydroxylamine groups is 1. The normalized spacial score (nSPS) is 14.9. The van der Waals surface area contributed by atoms with Gasteiger partial charge in [-0.1, -0.05) is 48.0 Å². The molecule has 11 heteroatoms. The van der Waals surface area contributed by atoms with Gasteiger partial charge in [-0.05, 0) is 24.3 Å². The lowest BCUT2D eigenvalue weighted by Crippen LogP contribution is -2.41. The van der Waals surface area contributed by atoms with Crippen LogP contribution in [-0.4, -0.2) is 33.9 Å². The number of amides is 1. The van der Waals surface area contributed by atoms with Gasteiger partial charge >= 0.3 is 6.09 Å². The van der Waals surface area contributed by atoms with Crippen LogP contribution in [0.5, 0.6) is 0 Å². The van der Waals surface area contributed by atoms with Crippen LogP contribution in [0.2, 0.25) is 5.02 Å². The molecule has 0 aliphatic carbocycles. The highest BCUT2D eigenvalue weighted by Crippen LogP contribution is 2.32. The van der Waals surface area contributed by atoms with Crippen LogP contribution < -0.4 is 10.8 Å². The number of benzene rings is 3. The van der Waals surface area contributed by atoms with E-state index < -0.39 is 17.2 Å². The van der Waals surface area contributed by atoms with E-state index in [1.54, 1.807) is 48.5 Å². The summed E-state index contributed by atoms with van der Waals surface area (Å²) >= 11 is 6.07. The summed E-state index contributed by atoms with van der Waals surface area (Å²) < 4.78 is 0. The summed E-state index contributed by atoms with van der Waals surface area (Å²) in [5.41, 5.74) is 6.76. The lowest BCUT2D eigenvalue weighted by molar-refractivity contribution is -0.384. The largest absolute Gasteiger partial charge is 0.429 e. The zero-order valence-electron chi connectivity index (χ0n) is 16.8. The number of primary amides is 1. The highest BCUT2D eigenvalue weighted by Gasteiger charge is 2.30. The van der Waals surface area contributed by atoms with Gasteiger partial charge in [0.1, 0.15) is 0 Å².